The Hall–Kier alpha value is 0.474. The number of nitrogens with zero attached hydrogens (tertiary/aromatic N) is 3. The van der Waals surface area contributed by atoms with Gasteiger partial charge in [0.05, 0.1) is 0 Å². The van der Waals surface area contributed by atoms with Crippen molar-refractivity contribution in [3.05, 3.63) is 0 Å². The van der Waals surface area contributed by atoms with Crippen molar-refractivity contribution >= 4 is 0 Å². The van der Waals surface area contributed by atoms with E-state index in [9.17, 15) is 0 Å². The first-order valence-corrected chi connectivity index (χ1v) is 11.9. The van der Waals surface area contributed by atoms with Crippen LogP contribution in [0.4, 0.5) is 0 Å². The Bertz CT molecular complexity index is 241. The second-order valence-corrected chi connectivity index (χ2v) is 12.9. The number of likely N-dealkylation sites (N-methyl/N-ethyl adjacent to an activating group) is 3. The first-order valence-electron chi connectivity index (χ1n) is 8.86. The van der Waals surface area contributed by atoms with Crippen LogP contribution in [0.2, 0.25) is 4.22 Å². The molecular formula is C15H40N6Ti. The third kappa shape index (κ3) is 4.98. The van der Waals surface area contributed by atoms with E-state index in [1.54, 1.807) is 0 Å². The van der Waals surface area contributed by atoms with E-state index in [1.165, 1.54) is 0 Å². The van der Waals surface area contributed by atoms with E-state index in [0.29, 0.717) is 23.9 Å². The molecule has 0 aromatic heterocycles. The van der Waals surface area contributed by atoms with Crippen LogP contribution in [-0.4, -0.2) is 69.0 Å². The maximum atomic E-state index is 5.93. The zero-order valence-electron chi connectivity index (χ0n) is 15.5. The summed E-state index contributed by atoms with van der Waals surface area (Å²) in [7, 11) is 0. The van der Waals surface area contributed by atoms with Gasteiger partial charge in [-0.05, 0) is 0 Å². The molecule has 0 aromatic rings. The van der Waals surface area contributed by atoms with Crippen molar-refractivity contribution in [3.63, 3.8) is 0 Å². The molecule has 0 spiro atoms. The van der Waals surface area contributed by atoms with Crippen molar-refractivity contribution in [2.24, 2.45) is 17.2 Å². The Kier molecular flexibility index (Phi) is 12.2. The van der Waals surface area contributed by atoms with Gasteiger partial charge in [-0.1, -0.05) is 0 Å². The molecule has 7 heteroatoms. The molecule has 6 N–H and O–H groups in total. The number of rotatable bonds is 13. The molecule has 0 saturated carbocycles. The summed E-state index contributed by atoms with van der Waals surface area (Å²) in [5.41, 5.74) is 17.8. The number of hydrogen-bond acceptors (Lipinski definition) is 6. The SMILES string of the molecule is CC[N](CCN)[Ti]([CH](C)C)([N](CC)CCN)[N](CC)CCN. The van der Waals surface area contributed by atoms with Crippen LogP contribution in [0.3, 0.4) is 0 Å². The fourth-order valence-electron chi connectivity index (χ4n) is 3.83. The van der Waals surface area contributed by atoms with Gasteiger partial charge >= 0.3 is 142 Å². The van der Waals surface area contributed by atoms with Gasteiger partial charge in [-0.15, -0.1) is 0 Å². The van der Waals surface area contributed by atoms with Crippen LogP contribution in [0.1, 0.15) is 34.6 Å². The molecule has 0 bridgehead atoms. The van der Waals surface area contributed by atoms with Gasteiger partial charge in [0.1, 0.15) is 0 Å². The summed E-state index contributed by atoms with van der Waals surface area (Å²) < 4.78 is 8.65. The van der Waals surface area contributed by atoms with Crippen LogP contribution < -0.4 is 17.2 Å². The van der Waals surface area contributed by atoms with E-state index in [0.717, 1.165) is 39.3 Å². The minimum absolute atomic E-state index is 0.601. The summed E-state index contributed by atoms with van der Waals surface area (Å²) in [6.45, 7) is 19.6. The summed E-state index contributed by atoms with van der Waals surface area (Å²) in [5.74, 6) is 0. The molecule has 0 radical (unpaired) electrons. The number of nitrogens with two attached hydrogens (primary N) is 3. The molecule has 134 valence electrons. The van der Waals surface area contributed by atoms with Gasteiger partial charge in [0.15, 0.2) is 0 Å². The van der Waals surface area contributed by atoms with Gasteiger partial charge in [0.25, 0.3) is 0 Å². The van der Waals surface area contributed by atoms with Crippen molar-refractivity contribution in [2.75, 3.05) is 58.9 Å². The quantitative estimate of drug-likeness (QED) is 0.420. The fraction of sp³-hybridized carbons (Fsp3) is 1.00. The molecule has 0 rings (SSSR count). The molecule has 22 heavy (non-hydrogen) atoms. The molecule has 0 amide bonds. The van der Waals surface area contributed by atoms with Crippen molar-refractivity contribution in [3.8, 4) is 0 Å². The second-order valence-electron chi connectivity index (χ2n) is 5.95. The van der Waals surface area contributed by atoms with E-state index in [4.69, 9.17) is 17.2 Å². The molecule has 0 atom stereocenters. The molecule has 0 aliphatic rings. The van der Waals surface area contributed by atoms with E-state index < -0.39 is 17.4 Å². The first-order chi connectivity index (χ1) is 10.5. The van der Waals surface area contributed by atoms with Crippen molar-refractivity contribution < 1.29 is 17.4 Å². The molecular weight excluding hydrogens is 312 g/mol. The van der Waals surface area contributed by atoms with E-state index >= 15 is 0 Å². The molecule has 6 nitrogen and oxygen atoms in total. The Morgan fingerprint density at radius 3 is 1.09 bits per heavy atom. The summed E-state index contributed by atoms with van der Waals surface area (Å²) in [4.78, 5) is 0. The zero-order chi connectivity index (χ0) is 17.2. The van der Waals surface area contributed by atoms with Crippen LogP contribution in [0, 0.1) is 0 Å². The maximum absolute atomic E-state index is 5.93. The summed E-state index contributed by atoms with van der Waals surface area (Å²) in [6, 6.07) is 0. The molecule has 0 aliphatic heterocycles. The van der Waals surface area contributed by atoms with Crippen molar-refractivity contribution in [1.82, 2.24) is 10.1 Å². The van der Waals surface area contributed by atoms with Crippen LogP contribution in [-0.2, 0) is 17.4 Å². The van der Waals surface area contributed by atoms with Crippen molar-refractivity contribution in [2.45, 2.75) is 38.8 Å². The minimum atomic E-state index is -2.72. The van der Waals surface area contributed by atoms with Crippen LogP contribution in [0.15, 0.2) is 0 Å². The van der Waals surface area contributed by atoms with Crippen LogP contribution >= 0.6 is 0 Å². The standard InChI is InChI=1S/3C4H11N2.C3H7.Ti/c3*1-2-6-4-3-5;1-3-2;/h3*2-5H2,1H3;3H,1-2H3;/q3*-1;;+3. The average molecular weight is 352 g/mol. The normalized spacial score (nSPS) is 13.1. The van der Waals surface area contributed by atoms with Gasteiger partial charge in [-0.25, -0.2) is 0 Å². The summed E-state index contributed by atoms with van der Waals surface area (Å²) >= 11 is -2.72. The number of hydrogen-bond donors (Lipinski definition) is 3. The molecule has 0 fully saturated rings. The first kappa shape index (κ1) is 22.5. The Morgan fingerprint density at radius 2 is 0.955 bits per heavy atom. The Labute approximate surface area is 142 Å². The molecule has 0 aromatic carbocycles. The molecule has 0 unspecified atom stereocenters. The van der Waals surface area contributed by atoms with E-state index in [2.05, 4.69) is 44.8 Å². The van der Waals surface area contributed by atoms with Gasteiger partial charge in [-0.2, -0.15) is 0 Å². The van der Waals surface area contributed by atoms with Gasteiger partial charge in [0.2, 0.25) is 0 Å². The van der Waals surface area contributed by atoms with E-state index in [1.807, 2.05) is 0 Å². The van der Waals surface area contributed by atoms with Gasteiger partial charge in [-0.3, -0.25) is 0 Å². The van der Waals surface area contributed by atoms with E-state index in [-0.39, 0.29) is 0 Å². The van der Waals surface area contributed by atoms with Crippen LogP contribution in [0.25, 0.3) is 0 Å². The Morgan fingerprint density at radius 1 is 0.682 bits per heavy atom. The zero-order valence-corrected chi connectivity index (χ0v) is 17.1. The summed E-state index contributed by atoms with van der Waals surface area (Å²) in [5, 5.41) is 0. The predicted molar refractivity (Wildman–Crippen MR) is 94.0 cm³/mol. The van der Waals surface area contributed by atoms with Gasteiger partial charge < -0.3 is 0 Å². The van der Waals surface area contributed by atoms with Gasteiger partial charge in [0, 0.05) is 0 Å². The second kappa shape index (κ2) is 11.9. The topological polar surface area (TPSA) is 87.8 Å². The predicted octanol–water partition coefficient (Wildman–Crippen LogP) is 0.555. The third-order valence-corrected chi connectivity index (χ3v) is 13.8. The molecule has 0 aliphatic carbocycles. The molecule has 0 heterocycles. The molecule has 0 saturated heterocycles. The Balaban J connectivity index is 6.00. The monoisotopic (exact) mass is 352 g/mol. The van der Waals surface area contributed by atoms with Crippen LogP contribution in [0.5, 0.6) is 0 Å². The van der Waals surface area contributed by atoms with Crippen molar-refractivity contribution in [1.29, 1.82) is 0 Å². The summed E-state index contributed by atoms with van der Waals surface area (Å²) in [6.07, 6.45) is 0. The third-order valence-electron chi connectivity index (χ3n) is 4.51. The average Bonchev–Trinajstić information content (AvgIpc) is 2.51. The fourth-order valence-corrected chi connectivity index (χ4v) is 13.5.